The minimum Gasteiger partial charge on any atom is -0.381 e. The number of sulfone groups is 1. The third kappa shape index (κ3) is 6.27. The molecule has 44 heavy (non-hydrogen) atoms. The first kappa shape index (κ1) is 32.1. The quantitative estimate of drug-likeness (QED) is 0.284. The molecule has 2 fully saturated rings. The molecule has 0 radical (unpaired) electrons. The minimum atomic E-state index is -3.93. The van der Waals surface area contributed by atoms with Crippen LogP contribution in [0.2, 0.25) is 0 Å². The summed E-state index contributed by atoms with van der Waals surface area (Å²) < 4.78 is 77.3. The normalized spacial score (nSPS) is 22.7. The van der Waals surface area contributed by atoms with Crippen molar-refractivity contribution in [3.05, 3.63) is 95.3 Å². The lowest BCUT2D eigenvalue weighted by atomic mass is 9.68. The monoisotopic (exact) mass is 630 g/mol. The van der Waals surface area contributed by atoms with Crippen LogP contribution in [-0.4, -0.2) is 57.6 Å². The molecule has 12 heteroatoms. The van der Waals surface area contributed by atoms with Gasteiger partial charge in [-0.05, 0) is 74.6 Å². The van der Waals surface area contributed by atoms with Gasteiger partial charge in [0.25, 0.3) is 0 Å². The van der Waals surface area contributed by atoms with Crippen molar-refractivity contribution in [1.29, 1.82) is 0 Å². The predicted molar refractivity (Wildman–Crippen MR) is 161 cm³/mol. The Morgan fingerprint density at radius 3 is 2.39 bits per heavy atom. The fraction of sp³-hybridized carbons (Fsp3) is 0.406. The summed E-state index contributed by atoms with van der Waals surface area (Å²) in [6.07, 6.45) is 0.467. The molecule has 236 valence electrons. The zero-order valence-corrected chi connectivity index (χ0v) is 25.2. The first-order valence-corrected chi connectivity index (χ1v) is 16.1. The molecule has 0 spiro atoms. The molecule has 0 saturated carbocycles. The van der Waals surface area contributed by atoms with Gasteiger partial charge < -0.3 is 21.1 Å². The highest BCUT2D eigenvalue weighted by Gasteiger charge is 2.47. The third-order valence-corrected chi connectivity index (χ3v) is 11.2. The Morgan fingerprint density at radius 2 is 1.73 bits per heavy atom. The Hall–Kier alpha value is -3.29. The van der Waals surface area contributed by atoms with Crippen LogP contribution in [0, 0.1) is 17.5 Å². The van der Waals surface area contributed by atoms with Gasteiger partial charge in [0.15, 0.2) is 9.84 Å². The van der Waals surface area contributed by atoms with Crippen LogP contribution in [-0.2, 0) is 31.2 Å². The van der Waals surface area contributed by atoms with Gasteiger partial charge >= 0.3 is 0 Å². The minimum absolute atomic E-state index is 0.00126. The van der Waals surface area contributed by atoms with E-state index >= 15 is 4.39 Å². The van der Waals surface area contributed by atoms with E-state index in [-0.39, 0.29) is 73.2 Å². The van der Waals surface area contributed by atoms with Crippen molar-refractivity contribution in [2.24, 2.45) is 5.73 Å². The summed E-state index contributed by atoms with van der Waals surface area (Å²) in [4.78, 5) is 12.4. The summed E-state index contributed by atoms with van der Waals surface area (Å²) >= 11 is 0. The number of halogens is 3. The predicted octanol–water partition coefficient (Wildman–Crippen LogP) is 3.80. The van der Waals surface area contributed by atoms with Crippen molar-refractivity contribution in [2.75, 3.05) is 31.6 Å². The molecule has 2 aliphatic heterocycles. The van der Waals surface area contributed by atoms with Gasteiger partial charge in [-0.1, -0.05) is 24.3 Å². The Kier molecular flexibility index (Phi) is 9.47. The Balaban J connectivity index is 1.43. The third-order valence-electron chi connectivity index (χ3n) is 8.79. The highest BCUT2D eigenvalue weighted by atomic mass is 32.2. The van der Waals surface area contributed by atoms with Crippen LogP contribution in [0.15, 0.2) is 71.6 Å². The number of carbonyl (C=O) groups excluding carboxylic acids is 1. The molecule has 2 saturated heterocycles. The molecule has 5 rings (SSSR count). The van der Waals surface area contributed by atoms with Crippen molar-refractivity contribution in [3.8, 4) is 0 Å². The molecule has 0 unspecified atom stereocenters. The second-order valence-corrected chi connectivity index (χ2v) is 13.9. The van der Waals surface area contributed by atoms with Crippen molar-refractivity contribution in [2.45, 2.75) is 59.9 Å². The number of piperazine rings is 1. The summed E-state index contributed by atoms with van der Waals surface area (Å²) in [6, 6.07) is 14.0. The number of nitrogens with two attached hydrogens (primary N) is 1. The number of hydrogen-bond donors (Lipinski definition) is 4. The van der Waals surface area contributed by atoms with Gasteiger partial charge in [-0.25, -0.2) is 21.6 Å². The van der Waals surface area contributed by atoms with Crippen molar-refractivity contribution in [3.63, 3.8) is 0 Å². The number of hydrogen-bond acceptors (Lipinski definition) is 7. The lowest BCUT2D eigenvalue weighted by Gasteiger charge is -2.42. The number of carbonyl (C=O) groups is 1. The maximum Gasteiger partial charge on any atom is 0.242 e. The topological polar surface area (TPSA) is 123 Å². The fourth-order valence-corrected chi connectivity index (χ4v) is 8.39. The second kappa shape index (κ2) is 13.0. The van der Waals surface area contributed by atoms with E-state index in [1.54, 1.807) is 18.2 Å². The molecule has 0 aliphatic carbocycles. The smallest absolute Gasteiger partial charge is 0.242 e. The molecule has 1 amide bonds. The van der Waals surface area contributed by atoms with Gasteiger partial charge in [-0.15, -0.1) is 0 Å². The van der Waals surface area contributed by atoms with Crippen molar-refractivity contribution >= 4 is 21.4 Å². The molecule has 3 aromatic rings. The lowest BCUT2D eigenvalue weighted by molar-refractivity contribution is -0.120. The van der Waals surface area contributed by atoms with Crippen LogP contribution in [0.4, 0.5) is 18.9 Å². The molecule has 5 N–H and O–H groups in total. The van der Waals surface area contributed by atoms with Crippen LogP contribution >= 0.6 is 0 Å². The average Bonchev–Trinajstić information content (AvgIpc) is 3.00. The van der Waals surface area contributed by atoms with Gasteiger partial charge in [0.1, 0.15) is 22.3 Å². The molecular weight excluding hydrogens is 593 g/mol. The molecule has 3 aromatic carbocycles. The van der Waals surface area contributed by atoms with Gasteiger partial charge in [0, 0.05) is 55.1 Å². The number of nitrogens with one attached hydrogen (secondary N) is 3. The van der Waals surface area contributed by atoms with E-state index in [4.69, 9.17) is 10.5 Å². The highest BCUT2D eigenvalue weighted by molar-refractivity contribution is 7.92. The van der Waals surface area contributed by atoms with Crippen LogP contribution in [0.5, 0.6) is 0 Å². The number of benzene rings is 3. The lowest BCUT2D eigenvalue weighted by Crippen LogP contribution is -2.66. The molecule has 0 bridgehead atoms. The SMILES string of the molecule is C[C@@H]1CNC[C@](CCc2c(F)cccc2NC(=O)[C@@H](N)C2(c3cc(F)cc(F)c3)CCOCC2)(S(=O)(=O)c2ccccc2)N1. The highest BCUT2D eigenvalue weighted by Crippen LogP contribution is 2.39. The zero-order valence-electron chi connectivity index (χ0n) is 24.4. The molecule has 2 aliphatic rings. The summed E-state index contributed by atoms with van der Waals surface area (Å²) in [5, 5.41) is 9.19. The molecule has 8 nitrogen and oxygen atoms in total. The van der Waals surface area contributed by atoms with E-state index in [0.717, 1.165) is 6.07 Å². The number of rotatable bonds is 9. The van der Waals surface area contributed by atoms with E-state index in [1.165, 1.54) is 42.5 Å². The Bertz CT molecular complexity index is 1580. The van der Waals surface area contributed by atoms with Crippen LogP contribution < -0.4 is 21.7 Å². The zero-order chi connectivity index (χ0) is 31.5. The molecule has 0 aromatic heterocycles. The van der Waals surface area contributed by atoms with Crippen molar-refractivity contribution in [1.82, 2.24) is 10.6 Å². The molecular formula is C32H37F3N4O4S. The van der Waals surface area contributed by atoms with Crippen LogP contribution in [0.3, 0.4) is 0 Å². The van der Waals surface area contributed by atoms with Gasteiger partial charge in [-0.3, -0.25) is 10.1 Å². The molecule has 3 atom stereocenters. The van der Waals surface area contributed by atoms with E-state index in [1.807, 2.05) is 6.92 Å². The maximum atomic E-state index is 15.4. The van der Waals surface area contributed by atoms with Crippen LogP contribution in [0.25, 0.3) is 0 Å². The summed E-state index contributed by atoms with van der Waals surface area (Å²) in [7, 11) is -3.93. The Morgan fingerprint density at radius 1 is 1.05 bits per heavy atom. The van der Waals surface area contributed by atoms with Gasteiger partial charge in [0.05, 0.1) is 10.9 Å². The van der Waals surface area contributed by atoms with Crippen LogP contribution in [0.1, 0.15) is 37.3 Å². The van der Waals surface area contributed by atoms with Gasteiger partial charge in [-0.2, -0.15) is 0 Å². The number of amides is 1. The van der Waals surface area contributed by atoms with Crippen molar-refractivity contribution < 1.29 is 31.1 Å². The number of ether oxygens (including phenoxy) is 1. The van der Waals surface area contributed by atoms with E-state index in [9.17, 15) is 22.0 Å². The maximum absolute atomic E-state index is 15.4. The summed E-state index contributed by atoms with van der Waals surface area (Å²) in [5.74, 6) is -2.86. The fourth-order valence-electron chi connectivity index (χ4n) is 6.41. The first-order valence-electron chi connectivity index (χ1n) is 14.6. The van der Waals surface area contributed by atoms with E-state index in [0.29, 0.717) is 6.54 Å². The summed E-state index contributed by atoms with van der Waals surface area (Å²) in [5.41, 5.74) is 5.92. The van der Waals surface area contributed by atoms with Gasteiger partial charge in [0.2, 0.25) is 5.91 Å². The standard InChI is InChI=1S/C32H37F3N4O4S/c1-21-19-37-20-32(39-21,44(41,42)25-6-3-2-4-7-25)11-10-26-27(35)8-5-9-28(26)38-30(40)29(36)31(12-14-43-15-13-31)22-16-23(33)18-24(34)17-22/h2-9,16-18,21,29,37,39H,10-15,19-20,36H2,1H3,(H,38,40)/t21-,29-,32+/m1/s1. The largest absolute Gasteiger partial charge is 0.381 e. The molecule has 2 heterocycles. The Labute approximate surface area is 255 Å². The first-order chi connectivity index (χ1) is 21.0. The second-order valence-electron chi connectivity index (χ2n) is 11.6. The average molecular weight is 631 g/mol. The van der Waals surface area contributed by atoms with E-state index in [2.05, 4.69) is 16.0 Å². The summed E-state index contributed by atoms with van der Waals surface area (Å²) in [6.45, 7) is 3.01. The van der Waals surface area contributed by atoms with E-state index < -0.39 is 49.5 Å². The number of anilines is 1.